The number of sulfonamides is 1. The predicted octanol–water partition coefficient (Wildman–Crippen LogP) is 2.17. The van der Waals surface area contributed by atoms with E-state index in [1.807, 2.05) is 0 Å². The van der Waals surface area contributed by atoms with Crippen LogP contribution in [-0.2, 0) is 10.0 Å². The molecule has 0 aromatic heterocycles. The van der Waals surface area contributed by atoms with Gasteiger partial charge in [0, 0.05) is 23.7 Å². The lowest BCUT2D eigenvalue weighted by Gasteiger charge is -2.31. The van der Waals surface area contributed by atoms with Crippen molar-refractivity contribution in [1.82, 2.24) is 4.90 Å². The molecule has 21 heavy (non-hydrogen) atoms. The summed E-state index contributed by atoms with van der Waals surface area (Å²) in [7, 11) is -3.89. The highest BCUT2D eigenvalue weighted by Gasteiger charge is 2.25. The average Bonchev–Trinajstić information content (AvgIpc) is 2.40. The van der Waals surface area contributed by atoms with Gasteiger partial charge in [0.2, 0.25) is 10.0 Å². The van der Waals surface area contributed by atoms with Crippen LogP contribution in [0.3, 0.4) is 0 Å². The molecule has 1 aliphatic heterocycles. The fourth-order valence-corrected chi connectivity index (χ4v) is 3.27. The molecular formula is C14H19ClN2O3S. The molecule has 0 radical (unpaired) electrons. The van der Waals surface area contributed by atoms with Gasteiger partial charge in [-0.15, -0.1) is 0 Å². The average molecular weight is 331 g/mol. The molecule has 1 heterocycles. The topological polar surface area (TPSA) is 80.5 Å². The Labute approximate surface area is 130 Å². The molecule has 116 valence electrons. The summed E-state index contributed by atoms with van der Waals surface area (Å²) in [6.07, 6.45) is 1.90. The minimum atomic E-state index is -3.89. The SMILES string of the molecule is Cc1c(Cl)cc(S(N)(=O)=O)cc1C(=O)N1CCC(C)CC1. The van der Waals surface area contributed by atoms with Crippen LogP contribution in [0.2, 0.25) is 5.02 Å². The normalized spacial score (nSPS) is 17.0. The first-order chi connectivity index (χ1) is 9.70. The summed E-state index contributed by atoms with van der Waals surface area (Å²) < 4.78 is 23.0. The van der Waals surface area contributed by atoms with Crippen molar-refractivity contribution in [2.24, 2.45) is 11.1 Å². The number of rotatable bonds is 2. The van der Waals surface area contributed by atoms with Crippen LogP contribution in [0.1, 0.15) is 35.7 Å². The second-order valence-corrected chi connectivity index (χ2v) is 7.57. The van der Waals surface area contributed by atoms with Gasteiger partial charge in [-0.25, -0.2) is 13.6 Å². The summed E-state index contributed by atoms with van der Waals surface area (Å²) >= 11 is 6.04. The molecule has 0 bridgehead atoms. The first kappa shape index (κ1) is 16.3. The van der Waals surface area contributed by atoms with Crippen molar-refractivity contribution in [2.45, 2.75) is 31.6 Å². The van der Waals surface area contributed by atoms with Gasteiger partial charge in [-0.2, -0.15) is 0 Å². The second kappa shape index (κ2) is 5.94. The molecule has 1 aliphatic rings. The zero-order chi connectivity index (χ0) is 15.8. The van der Waals surface area contributed by atoms with Crippen molar-refractivity contribution in [3.63, 3.8) is 0 Å². The van der Waals surface area contributed by atoms with Crippen molar-refractivity contribution < 1.29 is 13.2 Å². The Bertz CT molecular complexity index is 665. The molecule has 1 aromatic carbocycles. The molecule has 1 aromatic rings. The van der Waals surface area contributed by atoms with Crippen molar-refractivity contribution >= 4 is 27.5 Å². The number of primary sulfonamides is 1. The lowest BCUT2D eigenvalue weighted by Crippen LogP contribution is -2.38. The Morgan fingerprint density at radius 3 is 2.43 bits per heavy atom. The summed E-state index contributed by atoms with van der Waals surface area (Å²) in [5.41, 5.74) is 0.883. The Hall–Kier alpha value is -1.11. The molecule has 0 spiro atoms. The van der Waals surface area contributed by atoms with E-state index < -0.39 is 10.0 Å². The molecule has 1 saturated heterocycles. The number of benzene rings is 1. The number of carbonyl (C=O) groups is 1. The van der Waals surface area contributed by atoms with Crippen LogP contribution in [0, 0.1) is 12.8 Å². The van der Waals surface area contributed by atoms with Gasteiger partial charge < -0.3 is 4.90 Å². The maximum Gasteiger partial charge on any atom is 0.254 e. The van der Waals surface area contributed by atoms with Gasteiger partial charge in [0.25, 0.3) is 5.91 Å². The Morgan fingerprint density at radius 1 is 1.33 bits per heavy atom. The van der Waals surface area contributed by atoms with Crippen LogP contribution in [-0.4, -0.2) is 32.3 Å². The summed E-state index contributed by atoms with van der Waals surface area (Å²) in [6, 6.07) is 2.60. The third-order valence-corrected chi connectivity index (χ3v) is 5.23. The molecule has 0 unspecified atom stereocenters. The van der Waals surface area contributed by atoms with Crippen molar-refractivity contribution in [2.75, 3.05) is 13.1 Å². The monoisotopic (exact) mass is 330 g/mol. The summed E-state index contributed by atoms with van der Waals surface area (Å²) in [5, 5.41) is 5.36. The minimum absolute atomic E-state index is 0.133. The second-order valence-electron chi connectivity index (χ2n) is 5.60. The highest BCUT2D eigenvalue weighted by molar-refractivity contribution is 7.89. The molecule has 7 heteroatoms. The maximum absolute atomic E-state index is 12.6. The molecule has 0 saturated carbocycles. The fourth-order valence-electron chi connectivity index (χ4n) is 2.42. The first-order valence-electron chi connectivity index (χ1n) is 6.82. The maximum atomic E-state index is 12.6. The zero-order valence-corrected chi connectivity index (χ0v) is 13.7. The van der Waals surface area contributed by atoms with Crippen LogP contribution in [0.25, 0.3) is 0 Å². The van der Waals surface area contributed by atoms with Gasteiger partial charge >= 0.3 is 0 Å². The number of hydrogen-bond acceptors (Lipinski definition) is 3. The van der Waals surface area contributed by atoms with Gasteiger partial charge in [-0.3, -0.25) is 4.79 Å². The quantitative estimate of drug-likeness (QED) is 0.902. The molecule has 0 atom stereocenters. The number of nitrogens with zero attached hydrogens (tertiary/aromatic N) is 1. The van der Waals surface area contributed by atoms with E-state index in [0.717, 1.165) is 12.8 Å². The lowest BCUT2D eigenvalue weighted by molar-refractivity contribution is 0.0696. The van der Waals surface area contributed by atoms with Crippen molar-refractivity contribution in [1.29, 1.82) is 0 Å². The van der Waals surface area contributed by atoms with Gasteiger partial charge in [-0.1, -0.05) is 18.5 Å². The zero-order valence-electron chi connectivity index (χ0n) is 12.1. The van der Waals surface area contributed by atoms with E-state index in [1.54, 1.807) is 11.8 Å². The first-order valence-corrected chi connectivity index (χ1v) is 8.75. The minimum Gasteiger partial charge on any atom is -0.339 e. The van der Waals surface area contributed by atoms with Crippen molar-refractivity contribution in [3.05, 3.63) is 28.3 Å². The van der Waals surface area contributed by atoms with Gasteiger partial charge in [-0.05, 0) is 43.4 Å². The molecule has 1 amide bonds. The van der Waals surface area contributed by atoms with E-state index in [-0.39, 0.29) is 15.8 Å². The van der Waals surface area contributed by atoms with E-state index in [1.165, 1.54) is 12.1 Å². The number of carbonyl (C=O) groups excluding carboxylic acids is 1. The Morgan fingerprint density at radius 2 is 1.90 bits per heavy atom. The highest BCUT2D eigenvalue weighted by Crippen LogP contribution is 2.26. The third-order valence-electron chi connectivity index (χ3n) is 3.95. The van der Waals surface area contributed by atoms with E-state index >= 15 is 0 Å². The number of amides is 1. The lowest BCUT2D eigenvalue weighted by atomic mass is 9.98. The van der Waals surface area contributed by atoms with Crippen LogP contribution in [0.4, 0.5) is 0 Å². The third kappa shape index (κ3) is 3.56. The van der Waals surface area contributed by atoms with Crippen LogP contribution in [0.5, 0.6) is 0 Å². The molecule has 2 N–H and O–H groups in total. The molecule has 1 fully saturated rings. The van der Waals surface area contributed by atoms with E-state index in [9.17, 15) is 13.2 Å². The summed E-state index contributed by atoms with van der Waals surface area (Å²) in [5.74, 6) is 0.418. The van der Waals surface area contributed by atoms with E-state index in [4.69, 9.17) is 16.7 Å². The van der Waals surface area contributed by atoms with E-state index in [0.29, 0.717) is 30.1 Å². The van der Waals surface area contributed by atoms with Gasteiger partial charge in [0.15, 0.2) is 0 Å². The van der Waals surface area contributed by atoms with Gasteiger partial charge in [0.05, 0.1) is 4.90 Å². The smallest absolute Gasteiger partial charge is 0.254 e. The van der Waals surface area contributed by atoms with Crippen LogP contribution >= 0.6 is 11.6 Å². The van der Waals surface area contributed by atoms with E-state index in [2.05, 4.69) is 6.92 Å². The van der Waals surface area contributed by atoms with Crippen LogP contribution in [0.15, 0.2) is 17.0 Å². The summed E-state index contributed by atoms with van der Waals surface area (Å²) in [4.78, 5) is 14.2. The molecule has 0 aliphatic carbocycles. The fraction of sp³-hybridized carbons (Fsp3) is 0.500. The standard InChI is InChI=1S/C14H19ClN2O3S/c1-9-3-5-17(6-4-9)14(18)12-7-11(21(16,19)20)8-13(15)10(12)2/h7-9H,3-6H2,1-2H3,(H2,16,19,20). The largest absolute Gasteiger partial charge is 0.339 e. The van der Waals surface area contributed by atoms with Crippen molar-refractivity contribution in [3.8, 4) is 0 Å². The number of piperidine rings is 1. The number of nitrogens with two attached hydrogens (primary N) is 1. The number of halogens is 1. The number of likely N-dealkylation sites (tertiary alicyclic amines) is 1. The van der Waals surface area contributed by atoms with Crippen LogP contribution < -0.4 is 5.14 Å². The molecule has 2 rings (SSSR count). The molecular weight excluding hydrogens is 312 g/mol. The summed E-state index contributed by atoms with van der Waals surface area (Å²) in [6.45, 7) is 5.22. The Kier molecular flexibility index (Phi) is 4.60. The Balaban J connectivity index is 2.39. The predicted molar refractivity (Wildman–Crippen MR) is 81.9 cm³/mol. The van der Waals surface area contributed by atoms with Gasteiger partial charge in [0.1, 0.15) is 0 Å². The number of hydrogen-bond donors (Lipinski definition) is 1. The highest BCUT2D eigenvalue weighted by atomic mass is 35.5. The molecule has 5 nitrogen and oxygen atoms in total.